The molecule has 90 valence electrons. The fraction of sp³-hybridized carbons (Fsp3) is 0.429. The molecule has 0 saturated carbocycles. The lowest BCUT2D eigenvalue weighted by atomic mass is 10.0. The van der Waals surface area contributed by atoms with E-state index < -0.39 is 0 Å². The number of hydrogen-bond acceptors (Lipinski definition) is 1. The second-order valence-electron chi connectivity index (χ2n) is 4.41. The van der Waals surface area contributed by atoms with Crippen LogP contribution < -0.4 is 5.73 Å². The zero-order valence-corrected chi connectivity index (χ0v) is 10.9. The van der Waals surface area contributed by atoms with Gasteiger partial charge in [-0.1, -0.05) is 56.3 Å². The molecule has 1 aromatic carbocycles. The van der Waals surface area contributed by atoms with Crippen molar-refractivity contribution in [1.82, 2.24) is 0 Å². The van der Waals surface area contributed by atoms with Crippen LogP contribution in [0.25, 0.3) is 0 Å². The topological polar surface area (TPSA) is 26.0 Å². The van der Waals surface area contributed by atoms with Crippen LogP contribution in [0.1, 0.15) is 25.8 Å². The lowest BCUT2D eigenvalue weighted by molar-refractivity contribution is 0.546. The Hall–Kier alpha value is -0.790. The van der Waals surface area contributed by atoms with Gasteiger partial charge in [0.15, 0.2) is 0 Å². The molecule has 0 saturated heterocycles. The molecule has 16 heavy (non-hydrogen) atoms. The highest BCUT2D eigenvalue weighted by atomic mass is 35.5. The van der Waals surface area contributed by atoms with Gasteiger partial charge in [0, 0.05) is 6.04 Å². The van der Waals surface area contributed by atoms with E-state index in [-0.39, 0.29) is 18.4 Å². The van der Waals surface area contributed by atoms with E-state index in [9.17, 15) is 0 Å². The standard InChI is InChI=1S/C14H21N.ClH/c1-12(2)11-14(15)10-6-9-13-7-4-3-5-8-13;/h3-8,10,12,14H,9,11,15H2,1-2H3;1H. The lowest BCUT2D eigenvalue weighted by Crippen LogP contribution is -2.18. The van der Waals surface area contributed by atoms with Crippen LogP contribution in [-0.4, -0.2) is 6.04 Å². The van der Waals surface area contributed by atoms with E-state index in [1.165, 1.54) is 5.56 Å². The molecule has 0 bridgehead atoms. The molecule has 1 unspecified atom stereocenters. The van der Waals surface area contributed by atoms with Gasteiger partial charge in [-0.25, -0.2) is 0 Å². The average Bonchev–Trinajstić information content (AvgIpc) is 2.18. The minimum absolute atomic E-state index is 0. The van der Waals surface area contributed by atoms with Crippen molar-refractivity contribution in [3.05, 3.63) is 48.0 Å². The highest BCUT2D eigenvalue weighted by Crippen LogP contribution is 2.05. The SMILES string of the molecule is CC(C)CC(N)C=CCc1ccccc1.Cl. The second kappa shape index (κ2) is 8.37. The summed E-state index contributed by atoms with van der Waals surface area (Å²) < 4.78 is 0. The van der Waals surface area contributed by atoms with E-state index in [2.05, 4.69) is 50.3 Å². The van der Waals surface area contributed by atoms with Crippen LogP contribution in [0.2, 0.25) is 0 Å². The Morgan fingerprint density at radius 3 is 2.38 bits per heavy atom. The van der Waals surface area contributed by atoms with Crippen LogP contribution in [0.15, 0.2) is 42.5 Å². The molecular formula is C14H22ClN. The number of rotatable bonds is 5. The Bertz CT molecular complexity index is 293. The smallest absolute Gasteiger partial charge is 0.0226 e. The van der Waals surface area contributed by atoms with Crippen LogP contribution in [0.3, 0.4) is 0 Å². The molecule has 0 heterocycles. The summed E-state index contributed by atoms with van der Waals surface area (Å²) in [5.74, 6) is 0.668. The molecule has 1 aromatic rings. The fourth-order valence-electron chi connectivity index (χ4n) is 1.62. The summed E-state index contributed by atoms with van der Waals surface area (Å²) in [4.78, 5) is 0. The maximum Gasteiger partial charge on any atom is 0.0226 e. The Morgan fingerprint density at radius 2 is 1.81 bits per heavy atom. The molecule has 0 fully saturated rings. The van der Waals surface area contributed by atoms with Crippen molar-refractivity contribution in [3.63, 3.8) is 0 Å². The van der Waals surface area contributed by atoms with Crippen molar-refractivity contribution in [1.29, 1.82) is 0 Å². The monoisotopic (exact) mass is 239 g/mol. The minimum Gasteiger partial charge on any atom is -0.324 e. The molecule has 2 N–H and O–H groups in total. The third kappa shape index (κ3) is 6.65. The highest BCUT2D eigenvalue weighted by molar-refractivity contribution is 5.85. The zero-order chi connectivity index (χ0) is 11.1. The molecule has 1 rings (SSSR count). The molecule has 0 radical (unpaired) electrons. The Balaban J connectivity index is 0.00000225. The van der Waals surface area contributed by atoms with Gasteiger partial charge in [-0.2, -0.15) is 0 Å². The highest BCUT2D eigenvalue weighted by Gasteiger charge is 2.00. The van der Waals surface area contributed by atoms with E-state index in [0.717, 1.165) is 12.8 Å². The summed E-state index contributed by atoms with van der Waals surface area (Å²) in [6.07, 6.45) is 6.33. The van der Waals surface area contributed by atoms with Crippen LogP contribution in [0.5, 0.6) is 0 Å². The zero-order valence-electron chi connectivity index (χ0n) is 10.1. The van der Waals surface area contributed by atoms with Gasteiger partial charge in [0.05, 0.1) is 0 Å². The van der Waals surface area contributed by atoms with E-state index in [4.69, 9.17) is 5.73 Å². The van der Waals surface area contributed by atoms with Crippen LogP contribution in [0.4, 0.5) is 0 Å². The molecule has 1 nitrogen and oxygen atoms in total. The van der Waals surface area contributed by atoms with Crippen LogP contribution in [0, 0.1) is 5.92 Å². The first-order chi connectivity index (χ1) is 7.18. The number of nitrogens with two attached hydrogens (primary N) is 1. The van der Waals surface area contributed by atoms with Gasteiger partial charge in [-0.3, -0.25) is 0 Å². The van der Waals surface area contributed by atoms with Crippen molar-refractivity contribution in [3.8, 4) is 0 Å². The second-order valence-corrected chi connectivity index (χ2v) is 4.41. The number of hydrogen-bond donors (Lipinski definition) is 1. The van der Waals surface area contributed by atoms with Crippen molar-refractivity contribution >= 4 is 12.4 Å². The largest absolute Gasteiger partial charge is 0.324 e. The summed E-state index contributed by atoms with van der Waals surface area (Å²) >= 11 is 0. The van der Waals surface area contributed by atoms with Gasteiger partial charge in [-0.05, 0) is 24.3 Å². The van der Waals surface area contributed by atoms with E-state index in [1.807, 2.05) is 6.07 Å². The minimum atomic E-state index is 0. The number of benzene rings is 1. The molecule has 0 aliphatic rings. The molecular weight excluding hydrogens is 218 g/mol. The van der Waals surface area contributed by atoms with Gasteiger partial charge < -0.3 is 5.73 Å². The molecule has 1 atom stereocenters. The number of halogens is 1. The maximum atomic E-state index is 5.95. The summed E-state index contributed by atoms with van der Waals surface area (Å²) in [5, 5.41) is 0. The van der Waals surface area contributed by atoms with Crippen molar-refractivity contribution in [2.24, 2.45) is 11.7 Å². The summed E-state index contributed by atoms with van der Waals surface area (Å²) in [6, 6.07) is 10.6. The van der Waals surface area contributed by atoms with Gasteiger partial charge in [-0.15, -0.1) is 12.4 Å². The Morgan fingerprint density at radius 1 is 1.19 bits per heavy atom. The third-order valence-corrected chi connectivity index (χ3v) is 2.32. The van der Waals surface area contributed by atoms with Gasteiger partial charge in [0.25, 0.3) is 0 Å². The van der Waals surface area contributed by atoms with Crippen molar-refractivity contribution in [2.45, 2.75) is 32.7 Å². The van der Waals surface area contributed by atoms with Crippen LogP contribution in [-0.2, 0) is 6.42 Å². The lowest BCUT2D eigenvalue weighted by Gasteiger charge is -2.08. The summed E-state index contributed by atoms with van der Waals surface area (Å²) in [5.41, 5.74) is 7.29. The Kier molecular flexibility index (Phi) is 7.96. The first kappa shape index (κ1) is 15.2. The van der Waals surface area contributed by atoms with E-state index in [0.29, 0.717) is 5.92 Å². The van der Waals surface area contributed by atoms with Gasteiger partial charge >= 0.3 is 0 Å². The number of allylic oxidation sites excluding steroid dienone is 1. The molecule has 0 aliphatic carbocycles. The van der Waals surface area contributed by atoms with E-state index in [1.54, 1.807) is 0 Å². The fourth-order valence-corrected chi connectivity index (χ4v) is 1.62. The predicted octanol–water partition coefficient (Wildman–Crippen LogP) is 3.58. The average molecular weight is 240 g/mol. The maximum absolute atomic E-state index is 5.95. The molecule has 0 amide bonds. The van der Waals surface area contributed by atoms with Crippen molar-refractivity contribution < 1.29 is 0 Å². The molecule has 0 aliphatic heterocycles. The molecule has 0 aromatic heterocycles. The summed E-state index contributed by atoms with van der Waals surface area (Å²) in [6.45, 7) is 4.40. The normalized spacial score (nSPS) is 12.8. The third-order valence-electron chi connectivity index (χ3n) is 2.32. The first-order valence-corrected chi connectivity index (χ1v) is 5.64. The van der Waals surface area contributed by atoms with Crippen molar-refractivity contribution in [2.75, 3.05) is 0 Å². The molecule has 2 heteroatoms. The van der Waals surface area contributed by atoms with Gasteiger partial charge in [0.1, 0.15) is 0 Å². The van der Waals surface area contributed by atoms with Gasteiger partial charge in [0.2, 0.25) is 0 Å². The first-order valence-electron chi connectivity index (χ1n) is 5.64. The molecule has 0 spiro atoms. The predicted molar refractivity (Wildman–Crippen MR) is 74.0 cm³/mol. The van der Waals surface area contributed by atoms with Crippen LogP contribution >= 0.6 is 12.4 Å². The Labute approximate surface area is 105 Å². The quantitative estimate of drug-likeness (QED) is 0.781. The van der Waals surface area contributed by atoms with E-state index >= 15 is 0 Å². The summed E-state index contributed by atoms with van der Waals surface area (Å²) in [7, 11) is 0.